The zero-order valence-corrected chi connectivity index (χ0v) is 19.5. The highest BCUT2D eigenvalue weighted by atomic mass is 16.5. The van der Waals surface area contributed by atoms with Crippen LogP contribution in [0.25, 0.3) is 0 Å². The first kappa shape index (κ1) is 25.4. The van der Waals surface area contributed by atoms with Gasteiger partial charge in [-0.05, 0) is 71.8 Å². The van der Waals surface area contributed by atoms with Crippen molar-refractivity contribution < 1.29 is 9.84 Å². The van der Waals surface area contributed by atoms with Gasteiger partial charge in [-0.3, -0.25) is 5.32 Å². The predicted molar refractivity (Wildman–Crippen MR) is 121 cm³/mol. The second-order valence-corrected chi connectivity index (χ2v) is 8.87. The van der Waals surface area contributed by atoms with Gasteiger partial charge in [0.25, 0.3) is 0 Å². The van der Waals surface area contributed by atoms with Gasteiger partial charge < -0.3 is 9.84 Å². The Balaban J connectivity index is 3.04. The van der Waals surface area contributed by atoms with E-state index in [2.05, 4.69) is 53.4 Å². The first-order chi connectivity index (χ1) is 13.3. The molecule has 1 aliphatic carbocycles. The van der Waals surface area contributed by atoms with E-state index in [0.717, 1.165) is 24.8 Å². The number of aliphatic hydroxyl groups excluding tert-OH is 1. The van der Waals surface area contributed by atoms with E-state index in [1.54, 1.807) is 0 Å². The van der Waals surface area contributed by atoms with Crippen molar-refractivity contribution >= 4 is 0 Å². The lowest BCUT2D eigenvalue weighted by Gasteiger charge is -2.37. The Kier molecular flexibility index (Phi) is 12.3. The summed E-state index contributed by atoms with van der Waals surface area (Å²) in [6.45, 7) is 18.0. The van der Waals surface area contributed by atoms with Gasteiger partial charge in [-0.2, -0.15) is 0 Å². The lowest BCUT2D eigenvalue weighted by atomic mass is 9.80. The van der Waals surface area contributed by atoms with Crippen molar-refractivity contribution in [3.63, 3.8) is 0 Å². The summed E-state index contributed by atoms with van der Waals surface area (Å²) in [6.07, 6.45) is 10.5. The van der Waals surface area contributed by atoms with Crippen LogP contribution in [-0.2, 0) is 4.74 Å². The molecule has 2 N–H and O–H groups in total. The number of allylic oxidation sites excluding steroid dienone is 2. The molecule has 0 aromatic carbocycles. The van der Waals surface area contributed by atoms with Crippen LogP contribution in [0.2, 0.25) is 0 Å². The molecule has 0 aliphatic heterocycles. The minimum Gasteiger partial charge on any atom is -0.378 e. The van der Waals surface area contributed by atoms with Gasteiger partial charge >= 0.3 is 0 Å². The van der Waals surface area contributed by atoms with Crippen LogP contribution in [-0.4, -0.2) is 30.1 Å². The van der Waals surface area contributed by atoms with Crippen LogP contribution in [0.4, 0.5) is 0 Å². The first-order valence-corrected chi connectivity index (χ1v) is 11.7. The lowest BCUT2D eigenvalue weighted by molar-refractivity contribution is 0.00521. The number of hydrogen-bond donors (Lipinski definition) is 2. The molecule has 3 heteroatoms. The quantitative estimate of drug-likeness (QED) is 0.217. The van der Waals surface area contributed by atoms with Crippen LogP contribution in [0.1, 0.15) is 99.3 Å². The van der Waals surface area contributed by atoms with Gasteiger partial charge in [0.15, 0.2) is 0 Å². The smallest absolute Gasteiger partial charge is 0.107 e. The standard InChI is InChI=1S/C25H47NO2/c1-8-10-12-17-23(19(5)18(3)4)24(21(7)28-9-2)20(6)26-25(27)22-15-13-11-14-16-22/h20-22,24-27H,3,8-17H2,1-2,4-7H3/b23-19+/t20-,21+,24?,25?/m0/s1. The Morgan fingerprint density at radius 3 is 2.29 bits per heavy atom. The average Bonchev–Trinajstić information content (AvgIpc) is 2.67. The van der Waals surface area contributed by atoms with Crippen molar-refractivity contribution in [3.05, 3.63) is 23.3 Å². The van der Waals surface area contributed by atoms with Crippen LogP contribution in [0.3, 0.4) is 0 Å². The summed E-state index contributed by atoms with van der Waals surface area (Å²) in [6, 6.07) is 0.157. The SMILES string of the molecule is C=C(C)/C(C)=C(\CCCCC)C([C@H](C)NC(O)C1CCCCC1)[C@@H](C)OCC. The predicted octanol–water partition coefficient (Wildman–Crippen LogP) is 6.38. The molecule has 2 unspecified atom stereocenters. The number of ether oxygens (including phenoxy) is 1. The maximum Gasteiger partial charge on any atom is 0.107 e. The summed E-state index contributed by atoms with van der Waals surface area (Å²) in [4.78, 5) is 0. The molecular weight excluding hydrogens is 346 g/mol. The van der Waals surface area contributed by atoms with Crippen molar-refractivity contribution in [2.24, 2.45) is 11.8 Å². The molecule has 0 saturated heterocycles. The van der Waals surface area contributed by atoms with Crippen LogP contribution in [0, 0.1) is 11.8 Å². The summed E-state index contributed by atoms with van der Waals surface area (Å²) < 4.78 is 6.08. The van der Waals surface area contributed by atoms with Gasteiger partial charge in [-0.15, -0.1) is 0 Å². The molecule has 28 heavy (non-hydrogen) atoms. The van der Waals surface area contributed by atoms with Crippen LogP contribution in [0.15, 0.2) is 23.3 Å². The van der Waals surface area contributed by atoms with Crippen molar-refractivity contribution in [2.45, 2.75) is 118 Å². The first-order valence-electron chi connectivity index (χ1n) is 11.7. The molecule has 0 aromatic rings. The van der Waals surface area contributed by atoms with E-state index in [1.807, 2.05) is 0 Å². The number of nitrogens with one attached hydrogen (secondary N) is 1. The molecule has 0 bridgehead atoms. The lowest BCUT2D eigenvalue weighted by Crippen LogP contribution is -2.48. The van der Waals surface area contributed by atoms with E-state index < -0.39 is 6.23 Å². The highest BCUT2D eigenvalue weighted by Gasteiger charge is 2.32. The topological polar surface area (TPSA) is 41.5 Å². The summed E-state index contributed by atoms with van der Waals surface area (Å²) in [5, 5.41) is 14.4. The van der Waals surface area contributed by atoms with Crippen molar-refractivity contribution in [3.8, 4) is 0 Å². The zero-order valence-electron chi connectivity index (χ0n) is 19.5. The van der Waals surface area contributed by atoms with Crippen LogP contribution >= 0.6 is 0 Å². The van der Waals surface area contributed by atoms with Gasteiger partial charge in [0, 0.05) is 18.6 Å². The van der Waals surface area contributed by atoms with E-state index in [0.29, 0.717) is 12.5 Å². The molecule has 0 amide bonds. The highest BCUT2D eigenvalue weighted by Crippen LogP contribution is 2.33. The Labute approximate surface area is 175 Å². The maximum atomic E-state index is 10.9. The highest BCUT2D eigenvalue weighted by molar-refractivity contribution is 5.32. The summed E-state index contributed by atoms with van der Waals surface area (Å²) in [5.41, 5.74) is 3.91. The van der Waals surface area contributed by atoms with E-state index >= 15 is 0 Å². The summed E-state index contributed by atoms with van der Waals surface area (Å²) in [7, 11) is 0. The zero-order chi connectivity index (χ0) is 21.1. The molecule has 1 aliphatic rings. The molecule has 1 rings (SSSR count). The second-order valence-electron chi connectivity index (χ2n) is 8.87. The van der Waals surface area contributed by atoms with Gasteiger partial charge in [0.2, 0.25) is 0 Å². The molecule has 1 saturated carbocycles. The maximum absolute atomic E-state index is 10.9. The van der Waals surface area contributed by atoms with E-state index in [9.17, 15) is 5.11 Å². The van der Waals surface area contributed by atoms with Crippen molar-refractivity contribution in [1.82, 2.24) is 5.32 Å². The van der Waals surface area contributed by atoms with Gasteiger partial charge in [0.1, 0.15) is 6.23 Å². The van der Waals surface area contributed by atoms with Gasteiger partial charge in [-0.1, -0.05) is 56.8 Å². The molecular formula is C25H47NO2. The largest absolute Gasteiger partial charge is 0.378 e. The van der Waals surface area contributed by atoms with E-state index in [4.69, 9.17) is 4.74 Å². The van der Waals surface area contributed by atoms with Crippen molar-refractivity contribution in [2.75, 3.05) is 6.61 Å². The van der Waals surface area contributed by atoms with E-state index in [-0.39, 0.29) is 18.1 Å². The molecule has 1 fully saturated rings. The molecule has 0 heterocycles. The van der Waals surface area contributed by atoms with Crippen LogP contribution in [0.5, 0.6) is 0 Å². The minimum atomic E-state index is -0.423. The third-order valence-corrected chi connectivity index (χ3v) is 6.58. The molecule has 3 nitrogen and oxygen atoms in total. The summed E-state index contributed by atoms with van der Waals surface area (Å²) in [5.74, 6) is 0.626. The Hall–Kier alpha value is -0.640. The number of hydrogen-bond acceptors (Lipinski definition) is 3. The monoisotopic (exact) mass is 393 g/mol. The Morgan fingerprint density at radius 1 is 1.11 bits per heavy atom. The Morgan fingerprint density at radius 2 is 1.75 bits per heavy atom. The minimum absolute atomic E-state index is 0.108. The van der Waals surface area contributed by atoms with Crippen LogP contribution < -0.4 is 5.32 Å². The molecule has 4 atom stereocenters. The fourth-order valence-corrected chi connectivity index (χ4v) is 4.76. The average molecular weight is 394 g/mol. The molecule has 164 valence electrons. The fourth-order valence-electron chi connectivity index (χ4n) is 4.76. The van der Waals surface area contributed by atoms with Crippen molar-refractivity contribution in [1.29, 1.82) is 0 Å². The van der Waals surface area contributed by atoms with E-state index in [1.165, 1.54) is 49.7 Å². The third-order valence-electron chi connectivity index (χ3n) is 6.58. The Bertz CT molecular complexity index is 479. The number of rotatable bonds is 13. The number of unbranched alkanes of at least 4 members (excludes halogenated alkanes) is 2. The third kappa shape index (κ3) is 8.00. The molecule has 0 radical (unpaired) electrons. The van der Waals surface area contributed by atoms with Gasteiger partial charge in [-0.25, -0.2) is 0 Å². The summed E-state index contributed by atoms with van der Waals surface area (Å²) >= 11 is 0. The molecule has 0 aromatic heterocycles. The van der Waals surface area contributed by atoms with Gasteiger partial charge in [0.05, 0.1) is 6.10 Å². The fraction of sp³-hybridized carbons (Fsp3) is 0.840. The normalized spacial score (nSPS) is 21.0. The number of aliphatic hydroxyl groups is 1. The second kappa shape index (κ2) is 13.6. The molecule has 0 spiro atoms.